The molecule has 0 unspecified atom stereocenters. The SMILES string of the molecule is C[C@@](O)(CCc1ccccc1)CNS(=O)(=O)c1ccc(OC(F)(F)F)cc1. The zero-order chi connectivity index (χ0) is 20.1. The number of rotatable bonds is 8. The van der Waals surface area contributed by atoms with Crippen LogP contribution in [0.3, 0.4) is 0 Å². The van der Waals surface area contributed by atoms with Gasteiger partial charge in [-0.1, -0.05) is 30.3 Å². The van der Waals surface area contributed by atoms with E-state index in [1.165, 1.54) is 6.92 Å². The molecule has 2 aromatic rings. The Hall–Kier alpha value is -2.10. The molecule has 0 saturated carbocycles. The van der Waals surface area contributed by atoms with E-state index >= 15 is 0 Å². The van der Waals surface area contributed by atoms with Crippen LogP contribution in [0.5, 0.6) is 5.75 Å². The van der Waals surface area contributed by atoms with Gasteiger partial charge in [0.15, 0.2) is 0 Å². The number of benzene rings is 2. The molecule has 0 bridgehead atoms. The van der Waals surface area contributed by atoms with E-state index in [9.17, 15) is 26.7 Å². The van der Waals surface area contributed by atoms with Crippen molar-refractivity contribution in [3.8, 4) is 5.75 Å². The summed E-state index contributed by atoms with van der Waals surface area (Å²) in [7, 11) is -3.98. The quantitative estimate of drug-likeness (QED) is 0.710. The summed E-state index contributed by atoms with van der Waals surface area (Å²) in [5.41, 5.74) is -0.275. The van der Waals surface area contributed by atoms with Gasteiger partial charge in [-0.05, 0) is 49.6 Å². The maximum absolute atomic E-state index is 12.3. The van der Waals surface area contributed by atoms with Crippen LogP contribution in [-0.2, 0) is 16.4 Å². The Bertz CT molecular complexity index is 835. The van der Waals surface area contributed by atoms with E-state index in [2.05, 4.69) is 9.46 Å². The molecule has 0 radical (unpaired) electrons. The predicted octanol–water partition coefficient (Wildman–Crippen LogP) is 3.25. The van der Waals surface area contributed by atoms with Gasteiger partial charge in [0.25, 0.3) is 0 Å². The molecule has 2 rings (SSSR count). The molecule has 0 aliphatic carbocycles. The predicted molar refractivity (Wildman–Crippen MR) is 93.7 cm³/mol. The Balaban J connectivity index is 1.94. The van der Waals surface area contributed by atoms with Crippen LogP contribution in [0.1, 0.15) is 18.9 Å². The van der Waals surface area contributed by atoms with Crippen LogP contribution in [0.2, 0.25) is 0 Å². The number of aliphatic hydroxyl groups is 1. The van der Waals surface area contributed by atoms with Crippen molar-refractivity contribution in [2.75, 3.05) is 6.54 Å². The van der Waals surface area contributed by atoms with Crippen molar-refractivity contribution in [1.29, 1.82) is 0 Å². The average molecular weight is 403 g/mol. The third kappa shape index (κ3) is 7.20. The third-order valence-corrected chi connectivity index (χ3v) is 5.22. The van der Waals surface area contributed by atoms with Crippen LogP contribution in [0, 0.1) is 0 Å². The second kappa shape index (κ2) is 8.28. The lowest BCUT2D eigenvalue weighted by molar-refractivity contribution is -0.274. The molecular weight excluding hydrogens is 383 g/mol. The highest BCUT2D eigenvalue weighted by Crippen LogP contribution is 2.24. The molecule has 27 heavy (non-hydrogen) atoms. The topological polar surface area (TPSA) is 75.6 Å². The Labute approximate surface area is 155 Å². The van der Waals surface area contributed by atoms with Crippen molar-refractivity contribution >= 4 is 10.0 Å². The molecule has 9 heteroatoms. The number of hydrogen-bond acceptors (Lipinski definition) is 4. The first-order valence-corrected chi connectivity index (χ1v) is 9.57. The first kappa shape index (κ1) is 21.2. The zero-order valence-corrected chi connectivity index (χ0v) is 15.3. The molecule has 0 spiro atoms. The first-order valence-electron chi connectivity index (χ1n) is 8.09. The van der Waals surface area contributed by atoms with Crippen molar-refractivity contribution in [2.24, 2.45) is 0 Å². The van der Waals surface area contributed by atoms with E-state index in [0.717, 1.165) is 29.8 Å². The Morgan fingerprint density at radius 1 is 1.04 bits per heavy atom. The van der Waals surface area contributed by atoms with Crippen LogP contribution in [-0.4, -0.2) is 32.0 Å². The van der Waals surface area contributed by atoms with E-state index in [1.807, 2.05) is 30.3 Å². The molecule has 2 N–H and O–H groups in total. The standard InChI is InChI=1S/C18H20F3NO4S/c1-17(23,12-11-14-5-3-2-4-6-14)13-22-27(24,25)16-9-7-15(8-10-16)26-18(19,20)21/h2-10,22-23H,11-13H2,1H3/t17-/m1/s1. The number of halogens is 3. The van der Waals surface area contributed by atoms with Gasteiger partial charge >= 0.3 is 6.36 Å². The van der Waals surface area contributed by atoms with Gasteiger partial charge in [-0.15, -0.1) is 13.2 Å². The number of alkyl halides is 3. The minimum Gasteiger partial charge on any atom is -0.406 e. The Morgan fingerprint density at radius 2 is 1.63 bits per heavy atom. The summed E-state index contributed by atoms with van der Waals surface area (Å²) in [5.74, 6) is -0.517. The van der Waals surface area contributed by atoms with Gasteiger partial charge in [-0.25, -0.2) is 13.1 Å². The lowest BCUT2D eigenvalue weighted by Crippen LogP contribution is -2.40. The minimum absolute atomic E-state index is 0.226. The zero-order valence-electron chi connectivity index (χ0n) is 14.5. The van der Waals surface area contributed by atoms with Gasteiger partial charge < -0.3 is 9.84 Å². The fourth-order valence-electron chi connectivity index (χ4n) is 2.30. The van der Waals surface area contributed by atoms with Crippen molar-refractivity contribution in [3.05, 3.63) is 60.2 Å². The highest BCUT2D eigenvalue weighted by molar-refractivity contribution is 7.89. The Kier molecular flexibility index (Phi) is 6.50. The first-order chi connectivity index (χ1) is 12.5. The molecule has 5 nitrogen and oxygen atoms in total. The largest absolute Gasteiger partial charge is 0.573 e. The third-order valence-electron chi connectivity index (χ3n) is 3.81. The van der Waals surface area contributed by atoms with E-state index in [4.69, 9.17) is 0 Å². The summed E-state index contributed by atoms with van der Waals surface area (Å²) >= 11 is 0. The number of hydrogen-bond donors (Lipinski definition) is 2. The van der Waals surface area contributed by atoms with E-state index in [-0.39, 0.29) is 11.4 Å². The molecule has 2 aromatic carbocycles. The van der Waals surface area contributed by atoms with E-state index in [0.29, 0.717) is 12.8 Å². The highest BCUT2D eigenvalue weighted by Gasteiger charge is 2.31. The summed E-state index contributed by atoms with van der Waals surface area (Å²) in [6.45, 7) is 1.28. The van der Waals surface area contributed by atoms with Gasteiger partial charge in [-0.3, -0.25) is 0 Å². The fourth-order valence-corrected chi connectivity index (χ4v) is 3.46. The summed E-state index contributed by atoms with van der Waals surface area (Å²) in [6, 6.07) is 13.3. The molecule has 0 heterocycles. The highest BCUT2D eigenvalue weighted by atomic mass is 32.2. The monoisotopic (exact) mass is 403 g/mol. The summed E-state index contributed by atoms with van der Waals surface area (Å²) in [5, 5.41) is 10.4. The minimum atomic E-state index is -4.85. The smallest absolute Gasteiger partial charge is 0.406 e. The van der Waals surface area contributed by atoms with Crippen molar-refractivity contribution in [1.82, 2.24) is 4.72 Å². The second-order valence-corrected chi connectivity index (χ2v) is 8.09. The summed E-state index contributed by atoms with van der Waals surface area (Å²) < 4.78 is 66.9. The Morgan fingerprint density at radius 3 is 2.19 bits per heavy atom. The van der Waals surface area contributed by atoms with Gasteiger partial charge in [0.1, 0.15) is 5.75 Å². The number of aryl methyl sites for hydroxylation is 1. The molecule has 0 saturated heterocycles. The second-order valence-electron chi connectivity index (χ2n) is 6.33. The normalized spacial score (nSPS) is 14.6. The summed E-state index contributed by atoms with van der Waals surface area (Å²) in [6.07, 6.45) is -3.95. The van der Waals surface area contributed by atoms with Crippen molar-refractivity contribution in [2.45, 2.75) is 36.6 Å². The van der Waals surface area contributed by atoms with Crippen molar-refractivity contribution in [3.63, 3.8) is 0 Å². The van der Waals surface area contributed by atoms with Crippen LogP contribution in [0.15, 0.2) is 59.5 Å². The van der Waals surface area contributed by atoms with Gasteiger partial charge in [0.05, 0.1) is 10.5 Å². The van der Waals surface area contributed by atoms with Crippen LogP contribution >= 0.6 is 0 Å². The van der Waals surface area contributed by atoms with Crippen LogP contribution in [0.4, 0.5) is 13.2 Å². The molecule has 0 aliphatic heterocycles. The van der Waals surface area contributed by atoms with Gasteiger partial charge in [0.2, 0.25) is 10.0 Å². The van der Waals surface area contributed by atoms with Crippen LogP contribution in [0.25, 0.3) is 0 Å². The lowest BCUT2D eigenvalue weighted by atomic mass is 9.97. The van der Waals surface area contributed by atoms with E-state index < -0.39 is 27.7 Å². The number of nitrogens with one attached hydrogen (secondary N) is 1. The lowest BCUT2D eigenvalue weighted by Gasteiger charge is -2.23. The molecule has 0 amide bonds. The average Bonchev–Trinajstić information content (AvgIpc) is 2.59. The van der Waals surface area contributed by atoms with Crippen molar-refractivity contribution < 1.29 is 31.4 Å². The molecule has 0 fully saturated rings. The molecule has 148 valence electrons. The fraction of sp³-hybridized carbons (Fsp3) is 0.333. The van der Waals surface area contributed by atoms with Gasteiger partial charge in [-0.2, -0.15) is 0 Å². The van der Waals surface area contributed by atoms with E-state index in [1.54, 1.807) is 0 Å². The maximum Gasteiger partial charge on any atom is 0.573 e. The molecule has 0 aromatic heterocycles. The molecular formula is C18H20F3NO4S. The number of sulfonamides is 1. The van der Waals surface area contributed by atoms with Gasteiger partial charge in [0, 0.05) is 6.54 Å². The summed E-state index contributed by atoms with van der Waals surface area (Å²) in [4.78, 5) is -0.226. The molecule has 1 atom stereocenters. The molecule has 0 aliphatic rings. The van der Waals surface area contributed by atoms with Crippen LogP contribution < -0.4 is 9.46 Å². The number of ether oxygens (including phenoxy) is 1. The maximum atomic E-state index is 12.3.